The molecule has 2 aliphatic rings. The third-order valence-electron chi connectivity index (χ3n) is 6.40. The molecule has 0 atom stereocenters. The van der Waals surface area contributed by atoms with Crippen LogP contribution >= 0.6 is 0 Å². The number of nitrogens with zero attached hydrogens (tertiary/aromatic N) is 4. The van der Waals surface area contributed by atoms with E-state index in [0.717, 1.165) is 35.5 Å². The van der Waals surface area contributed by atoms with Gasteiger partial charge in [0.25, 0.3) is 5.91 Å². The van der Waals surface area contributed by atoms with E-state index in [2.05, 4.69) is 10.3 Å². The lowest BCUT2D eigenvalue weighted by Crippen LogP contribution is -2.46. The molecule has 1 aliphatic heterocycles. The summed E-state index contributed by atoms with van der Waals surface area (Å²) in [5.74, 6) is 0.385. The third kappa shape index (κ3) is 3.61. The predicted molar refractivity (Wildman–Crippen MR) is 116 cm³/mol. The van der Waals surface area contributed by atoms with Gasteiger partial charge in [0.2, 0.25) is 10.0 Å². The van der Waals surface area contributed by atoms with E-state index in [4.69, 9.17) is 0 Å². The van der Waals surface area contributed by atoms with E-state index in [1.165, 1.54) is 19.0 Å². The Labute approximate surface area is 182 Å². The second-order valence-corrected chi connectivity index (χ2v) is 10.7. The smallest absolute Gasteiger partial charge is 0.325 e. The average molecular weight is 448 g/mol. The average Bonchev–Trinajstić information content (AvgIpc) is 3.05. The van der Waals surface area contributed by atoms with Gasteiger partial charge in [0.05, 0.1) is 22.5 Å². The summed E-state index contributed by atoms with van der Waals surface area (Å²) in [6, 6.07) is 4.45. The first-order valence-electron chi connectivity index (χ1n) is 10.8. The van der Waals surface area contributed by atoms with Crippen molar-refractivity contribution in [2.24, 2.45) is 0 Å². The molecule has 3 amide bonds. The molecule has 0 unspecified atom stereocenters. The third-order valence-corrected chi connectivity index (χ3v) is 8.21. The van der Waals surface area contributed by atoms with Crippen LogP contribution in [0.4, 0.5) is 4.79 Å². The summed E-state index contributed by atoms with van der Waals surface area (Å²) < 4.78 is 28.0. The van der Waals surface area contributed by atoms with Crippen molar-refractivity contribution in [2.75, 3.05) is 14.1 Å². The summed E-state index contributed by atoms with van der Waals surface area (Å²) in [4.78, 5) is 32.0. The van der Waals surface area contributed by atoms with Gasteiger partial charge in [-0.15, -0.1) is 0 Å². The number of sulfonamides is 1. The van der Waals surface area contributed by atoms with Crippen molar-refractivity contribution in [1.82, 2.24) is 24.1 Å². The Kier molecular flexibility index (Phi) is 5.55. The Morgan fingerprint density at radius 1 is 1.13 bits per heavy atom. The zero-order chi connectivity index (χ0) is 22.4. The Bertz CT molecular complexity index is 1130. The van der Waals surface area contributed by atoms with E-state index in [-0.39, 0.29) is 23.4 Å². The summed E-state index contributed by atoms with van der Waals surface area (Å²) in [6.07, 6.45) is 5.35. The molecule has 2 fully saturated rings. The zero-order valence-corrected chi connectivity index (χ0v) is 19.0. The molecule has 2 aromatic rings. The zero-order valence-electron chi connectivity index (χ0n) is 18.2. The first-order valence-corrected chi connectivity index (χ1v) is 12.2. The van der Waals surface area contributed by atoms with Crippen molar-refractivity contribution >= 4 is 33.0 Å². The highest BCUT2D eigenvalue weighted by molar-refractivity contribution is 7.89. The van der Waals surface area contributed by atoms with E-state index in [1.54, 1.807) is 18.2 Å². The highest BCUT2D eigenvalue weighted by atomic mass is 32.2. The summed E-state index contributed by atoms with van der Waals surface area (Å²) in [7, 11) is -0.620. The Hall–Kier alpha value is -2.46. The van der Waals surface area contributed by atoms with Gasteiger partial charge in [0.1, 0.15) is 11.4 Å². The first kappa shape index (κ1) is 21.8. The molecule has 10 heteroatoms. The van der Waals surface area contributed by atoms with Crippen LogP contribution in [-0.2, 0) is 27.9 Å². The van der Waals surface area contributed by atoms with Crippen molar-refractivity contribution in [3.05, 3.63) is 24.0 Å². The van der Waals surface area contributed by atoms with Crippen molar-refractivity contribution in [3.8, 4) is 0 Å². The Morgan fingerprint density at radius 2 is 1.81 bits per heavy atom. The molecule has 1 aromatic carbocycles. The fourth-order valence-corrected chi connectivity index (χ4v) is 5.56. The maximum Gasteiger partial charge on any atom is 0.325 e. The standard InChI is InChI=1S/C21H29N5O4S/c1-4-25-17-10-9-15(31(29,30)24(2)3)13-16(17)22-18(25)14-26-19(27)21(23-20(26)28)11-7-5-6-8-12-21/h9-10,13H,4-8,11-12,14H2,1-3H3,(H,23,28). The molecule has 31 heavy (non-hydrogen) atoms. The number of imide groups is 1. The van der Waals surface area contributed by atoms with Gasteiger partial charge in [-0.25, -0.2) is 22.5 Å². The van der Waals surface area contributed by atoms with Gasteiger partial charge in [-0.3, -0.25) is 9.69 Å². The molecular weight excluding hydrogens is 418 g/mol. The molecule has 0 bridgehead atoms. The number of rotatable bonds is 5. The minimum Gasteiger partial charge on any atom is -0.327 e. The second kappa shape index (κ2) is 7.90. The van der Waals surface area contributed by atoms with Gasteiger partial charge in [0.15, 0.2) is 0 Å². The van der Waals surface area contributed by atoms with Crippen LogP contribution in [0.25, 0.3) is 11.0 Å². The van der Waals surface area contributed by atoms with Crippen molar-refractivity contribution < 1.29 is 18.0 Å². The summed E-state index contributed by atoms with van der Waals surface area (Å²) in [5, 5.41) is 2.96. The van der Waals surface area contributed by atoms with E-state index in [9.17, 15) is 18.0 Å². The lowest BCUT2D eigenvalue weighted by Gasteiger charge is -2.24. The predicted octanol–water partition coefficient (Wildman–Crippen LogP) is 2.45. The molecular formula is C21H29N5O4S. The molecule has 1 spiro atoms. The van der Waals surface area contributed by atoms with Crippen molar-refractivity contribution in [1.29, 1.82) is 0 Å². The molecule has 4 rings (SSSR count). The SMILES string of the molecule is CCn1c(CN2C(=O)NC3(CCCCCC3)C2=O)nc2cc(S(=O)(=O)N(C)C)ccc21. The maximum atomic E-state index is 13.2. The number of carbonyl (C=O) groups excluding carboxylic acids is 2. The molecule has 1 saturated heterocycles. The number of urea groups is 1. The molecule has 168 valence electrons. The lowest BCUT2D eigenvalue weighted by atomic mass is 9.90. The number of imidazole rings is 1. The van der Waals surface area contributed by atoms with Crippen LogP contribution < -0.4 is 5.32 Å². The van der Waals surface area contributed by atoms with Gasteiger partial charge in [-0.2, -0.15) is 0 Å². The second-order valence-electron chi connectivity index (χ2n) is 8.53. The van der Waals surface area contributed by atoms with E-state index in [0.29, 0.717) is 30.7 Å². The van der Waals surface area contributed by atoms with Crippen LogP contribution in [-0.4, -0.2) is 58.7 Å². The number of hydrogen-bond donors (Lipinski definition) is 1. The first-order chi connectivity index (χ1) is 14.7. The van der Waals surface area contributed by atoms with Gasteiger partial charge in [-0.1, -0.05) is 25.7 Å². The van der Waals surface area contributed by atoms with Gasteiger partial charge < -0.3 is 9.88 Å². The monoisotopic (exact) mass is 447 g/mol. The molecule has 2 heterocycles. The molecule has 1 N–H and O–H groups in total. The van der Waals surface area contributed by atoms with Gasteiger partial charge in [-0.05, 0) is 38.0 Å². The van der Waals surface area contributed by atoms with Crippen LogP contribution in [0.5, 0.6) is 0 Å². The quantitative estimate of drug-likeness (QED) is 0.709. The molecule has 0 radical (unpaired) electrons. The number of nitrogens with one attached hydrogen (secondary N) is 1. The normalized spacial score (nSPS) is 19.4. The topological polar surface area (TPSA) is 105 Å². The van der Waals surface area contributed by atoms with Crippen molar-refractivity contribution in [2.45, 2.75) is 69.0 Å². The van der Waals surface area contributed by atoms with Crippen LogP contribution in [0.3, 0.4) is 0 Å². The lowest BCUT2D eigenvalue weighted by molar-refractivity contribution is -0.132. The summed E-state index contributed by atoms with van der Waals surface area (Å²) in [5.41, 5.74) is 0.506. The molecule has 9 nitrogen and oxygen atoms in total. The van der Waals surface area contributed by atoms with Crippen LogP contribution in [0, 0.1) is 0 Å². The number of benzene rings is 1. The molecule has 1 aliphatic carbocycles. The summed E-state index contributed by atoms with van der Waals surface area (Å²) >= 11 is 0. The Morgan fingerprint density at radius 3 is 2.42 bits per heavy atom. The van der Waals surface area contributed by atoms with E-state index in [1.807, 2.05) is 11.5 Å². The molecule has 1 aromatic heterocycles. The minimum absolute atomic E-state index is 0.0602. The number of fused-ring (bicyclic) bond motifs is 1. The van der Waals surface area contributed by atoms with Crippen molar-refractivity contribution in [3.63, 3.8) is 0 Å². The van der Waals surface area contributed by atoms with E-state index < -0.39 is 15.6 Å². The largest absolute Gasteiger partial charge is 0.327 e. The van der Waals surface area contributed by atoms with Gasteiger partial charge >= 0.3 is 6.03 Å². The van der Waals surface area contributed by atoms with Crippen LogP contribution in [0.1, 0.15) is 51.3 Å². The fraction of sp³-hybridized carbons (Fsp3) is 0.571. The number of aryl methyl sites for hydroxylation is 1. The van der Waals surface area contributed by atoms with E-state index >= 15 is 0 Å². The Balaban J connectivity index is 1.68. The number of amides is 3. The van der Waals surface area contributed by atoms with Crippen LogP contribution in [0.2, 0.25) is 0 Å². The highest BCUT2D eigenvalue weighted by Crippen LogP contribution is 2.33. The number of hydrogen-bond acceptors (Lipinski definition) is 5. The number of aromatic nitrogens is 2. The number of carbonyl (C=O) groups is 2. The highest BCUT2D eigenvalue weighted by Gasteiger charge is 2.50. The summed E-state index contributed by atoms with van der Waals surface area (Å²) in [6.45, 7) is 2.60. The molecule has 1 saturated carbocycles. The maximum absolute atomic E-state index is 13.2. The minimum atomic E-state index is -3.59. The van der Waals surface area contributed by atoms with Crippen LogP contribution in [0.15, 0.2) is 23.1 Å². The van der Waals surface area contributed by atoms with Gasteiger partial charge in [0, 0.05) is 20.6 Å². The fourth-order valence-electron chi connectivity index (χ4n) is 4.64.